The fourth-order valence-corrected chi connectivity index (χ4v) is 2.74. The molecule has 0 bridgehead atoms. The summed E-state index contributed by atoms with van der Waals surface area (Å²) in [5, 5.41) is 2.73. The number of esters is 1. The average molecular weight is 405 g/mol. The van der Waals surface area contributed by atoms with E-state index in [0.717, 1.165) is 6.08 Å². The maximum absolute atomic E-state index is 13.3. The number of hydrogen-bond acceptors (Lipinski definition) is 4. The van der Waals surface area contributed by atoms with Crippen LogP contribution in [0, 0.1) is 5.82 Å². The minimum absolute atomic E-state index is 0.412. The van der Waals surface area contributed by atoms with Crippen LogP contribution in [0.2, 0.25) is 0 Å². The van der Waals surface area contributed by atoms with Crippen LogP contribution in [0.4, 0.5) is 10.1 Å². The SMILES string of the molecule is COc1cccc(NC(=O)[C@@H](OC(=O)/C=C/c2cccc(F)c2)c2ccccc2)c1. The second-order valence-electron chi connectivity index (χ2n) is 6.34. The number of halogens is 1. The lowest BCUT2D eigenvalue weighted by Crippen LogP contribution is -2.25. The monoisotopic (exact) mass is 405 g/mol. The molecule has 5 nitrogen and oxygen atoms in total. The van der Waals surface area contributed by atoms with Gasteiger partial charge in [0.25, 0.3) is 5.91 Å². The molecule has 1 amide bonds. The molecule has 6 heteroatoms. The van der Waals surface area contributed by atoms with Crippen molar-refractivity contribution in [2.45, 2.75) is 6.10 Å². The van der Waals surface area contributed by atoms with Crippen LogP contribution >= 0.6 is 0 Å². The van der Waals surface area contributed by atoms with Crippen molar-refractivity contribution in [2.75, 3.05) is 12.4 Å². The Kier molecular flexibility index (Phi) is 6.95. The van der Waals surface area contributed by atoms with Crippen molar-refractivity contribution in [1.29, 1.82) is 0 Å². The van der Waals surface area contributed by atoms with E-state index in [2.05, 4.69) is 5.32 Å². The van der Waals surface area contributed by atoms with Gasteiger partial charge in [-0.15, -0.1) is 0 Å². The van der Waals surface area contributed by atoms with Crippen LogP contribution < -0.4 is 10.1 Å². The third kappa shape index (κ3) is 5.78. The van der Waals surface area contributed by atoms with Crippen LogP contribution in [-0.2, 0) is 14.3 Å². The molecule has 0 spiro atoms. The minimum Gasteiger partial charge on any atom is -0.497 e. The predicted octanol–water partition coefficient (Wildman–Crippen LogP) is 4.77. The molecule has 0 radical (unpaired) electrons. The van der Waals surface area contributed by atoms with Crippen LogP contribution in [0.1, 0.15) is 17.2 Å². The van der Waals surface area contributed by atoms with Gasteiger partial charge in [-0.2, -0.15) is 0 Å². The molecule has 3 aromatic carbocycles. The van der Waals surface area contributed by atoms with Crippen molar-refractivity contribution in [3.63, 3.8) is 0 Å². The van der Waals surface area contributed by atoms with E-state index in [9.17, 15) is 14.0 Å². The van der Waals surface area contributed by atoms with Crippen molar-refractivity contribution < 1.29 is 23.5 Å². The summed E-state index contributed by atoms with van der Waals surface area (Å²) in [7, 11) is 1.53. The highest BCUT2D eigenvalue weighted by Crippen LogP contribution is 2.22. The van der Waals surface area contributed by atoms with Crippen LogP contribution in [-0.4, -0.2) is 19.0 Å². The molecule has 3 aromatic rings. The molecule has 1 N–H and O–H groups in total. The fraction of sp³-hybridized carbons (Fsp3) is 0.0833. The Morgan fingerprint density at radius 2 is 1.73 bits per heavy atom. The standard InChI is InChI=1S/C24H20FNO4/c1-29-21-12-6-11-20(16-21)26-24(28)23(18-8-3-2-4-9-18)30-22(27)14-13-17-7-5-10-19(25)15-17/h2-16,23H,1H3,(H,26,28)/b14-13+/t23-/m0/s1. The van der Waals surface area contributed by atoms with Crippen molar-refractivity contribution >= 4 is 23.6 Å². The number of hydrogen-bond donors (Lipinski definition) is 1. The minimum atomic E-state index is -1.16. The highest BCUT2D eigenvalue weighted by Gasteiger charge is 2.24. The maximum atomic E-state index is 13.3. The third-order valence-corrected chi connectivity index (χ3v) is 4.17. The number of ether oxygens (including phenoxy) is 2. The first kappa shape index (κ1) is 20.8. The van der Waals surface area contributed by atoms with Gasteiger partial charge in [0.15, 0.2) is 0 Å². The number of rotatable bonds is 7. The molecular weight excluding hydrogens is 385 g/mol. The molecule has 0 aromatic heterocycles. The Hall–Kier alpha value is -3.93. The summed E-state index contributed by atoms with van der Waals surface area (Å²) in [5.41, 5.74) is 1.53. The van der Waals surface area contributed by atoms with Gasteiger partial charge in [0.05, 0.1) is 7.11 Å². The number of benzene rings is 3. The molecule has 0 aliphatic carbocycles. The van der Waals surface area contributed by atoms with Gasteiger partial charge in [0, 0.05) is 23.4 Å². The van der Waals surface area contributed by atoms with E-state index in [1.165, 1.54) is 31.4 Å². The van der Waals surface area contributed by atoms with Gasteiger partial charge in [-0.25, -0.2) is 9.18 Å². The van der Waals surface area contributed by atoms with Crippen LogP contribution in [0.25, 0.3) is 6.08 Å². The highest BCUT2D eigenvalue weighted by atomic mass is 19.1. The summed E-state index contributed by atoms with van der Waals surface area (Å²) in [4.78, 5) is 25.2. The fourth-order valence-electron chi connectivity index (χ4n) is 2.74. The van der Waals surface area contributed by atoms with Crippen molar-refractivity contribution in [3.05, 3.63) is 102 Å². The Bertz CT molecular complexity index is 1050. The number of amides is 1. The van der Waals surface area contributed by atoms with Crippen molar-refractivity contribution in [1.82, 2.24) is 0 Å². The topological polar surface area (TPSA) is 64.6 Å². The number of carbonyl (C=O) groups excluding carboxylic acids is 2. The second kappa shape index (κ2) is 10.0. The van der Waals surface area contributed by atoms with E-state index in [1.54, 1.807) is 60.7 Å². The summed E-state index contributed by atoms with van der Waals surface area (Å²) in [5.74, 6) is -1.07. The molecule has 0 unspecified atom stereocenters. The Labute approximate surface area is 173 Å². The molecular formula is C24H20FNO4. The number of anilines is 1. The Balaban J connectivity index is 1.77. The van der Waals surface area contributed by atoms with Gasteiger partial charge in [-0.3, -0.25) is 4.79 Å². The first-order valence-electron chi connectivity index (χ1n) is 9.19. The van der Waals surface area contributed by atoms with E-state index in [-0.39, 0.29) is 0 Å². The van der Waals surface area contributed by atoms with E-state index >= 15 is 0 Å². The summed E-state index contributed by atoms with van der Waals surface area (Å²) in [6.45, 7) is 0. The number of methoxy groups -OCH3 is 1. The molecule has 0 heterocycles. The van der Waals surface area contributed by atoms with E-state index in [4.69, 9.17) is 9.47 Å². The summed E-state index contributed by atoms with van der Waals surface area (Å²) in [6.07, 6.45) is 1.42. The number of nitrogens with one attached hydrogen (secondary N) is 1. The zero-order valence-electron chi connectivity index (χ0n) is 16.2. The molecule has 0 saturated carbocycles. The summed E-state index contributed by atoms with van der Waals surface area (Å²) >= 11 is 0. The lowest BCUT2D eigenvalue weighted by atomic mass is 10.1. The van der Waals surface area contributed by atoms with Crippen molar-refractivity contribution in [3.8, 4) is 5.75 Å². The summed E-state index contributed by atoms with van der Waals surface area (Å²) in [6, 6.07) is 21.3. The molecule has 0 aliphatic heterocycles. The van der Waals surface area contributed by atoms with E-state index in [0.29, 0.717) is 22.6 Å². The molecule has 152 valence electrons. The van der Waals surface area contributed by atoms with Gasteiger partial charge in [0.2, 0.25) is 6.10 Å². The van der Waals surface area contributed by atoms with Crippen molar-refractivity contribution in [2.24, 2.45) is 0 Å². The quantitative estimate of drug-likeness (QED) is 0.454. The average Bonchev–Trinajstić information content (AvgIpc) is 2.76. The molecule has 0 aliphatic rings. The van der Waals surface area contributed by atoms with Crippen LogP contribution in [0.5, 0.6) is 5.75 Å². The lowest BCUT2D eigenvalue weighted by molar-refractivity contribution is -0.149. The van der Waals surface area contributed by atoms with Gasteiger partial charge < -0.3 is 14.8 Å². The zero-order valence-corrected chi connectivity index (χ0v) is 16.2. The molecule has 3 rings (SSSR count). The number of carbonyl (C=O) groups is 2. The van der Waals surface area contributed by atoms with Crippen LogP contribution in [0.15, 0.2) is 84.9 Å². The molecule has 0 saturated heterocycles. The van der Waals surface area contributed by atoms with Gasteiger partial charge in [0.1, 0.15) is 11.6 Å². The van der Waals surface area contributed by atoms with Gasteiger partial charge >= 0.3 is 5.97 Å². The Morgan fingerprint density at radius 3 is 2.47 bits per heavy atom. The lowest BCUT2D eigenvalue weighted by Gasteiger charge is -2.17. The smallest absolute Gasteiger partial charge is 0.331 e. The van der Waals surface area contributed by atoms with E-state index in [1.807, 2.05) is 0 Å². The normalized spacial score (nSPS) is 11.7. The third-order valence-electron chi connectivity index (χ3n) is 4.17. The first-order chi connectivity index (χ1) is 14.5. The maximum Gasteiger partial charge on any atom is 0.331 e. The molecule has 30 heavy (non-hydrogen) atoms. The zero-order chi connectivity index (χ0) is 21.3. The van der Waals surface area contributed by atoms with Crippen LogP contribution in [0.3, 0.4) is 0 Å². The van der Waals surface area contributed by atoms with Gasteiger partial charge in [-0.05, 0) is 35.9 Å². The summed E-state index contributed by atoms with van der Waals surface area (Å²) < 4.78 is 23.9. The predicted molar refractivity (Wildman–Crippen MR) is 112 cm³/mol. The second-order valence-corrected chi connectivity index (χ2v) is 6.34. The van der Waals surface area contributed by atoms with Gasteiger partial charge in [-0.1, -0.05) is 48.5 Å². The molecule has 1 atom stereocenters. The molecule has 0 fully saturated rings. The Morgan fingerprint density at radius 1 is 0.967 bits per heavy atom. The van der Waals surface area contributed by atoms with E-state index < -0.39 is 23.8 Å². The largest absolute Gasteiger partial charge is 0.497 e. The first-order valence-corrected chi connectivity index (χ1v) is 9.19. The highest BCUT2D eigenvalue weighted by molar-refractivity contribution is 5.97.